The largest absolute Gasteiger partial charge is 0.462 e. The third kappa shape index (κ3) is 6.28. The molecule has 2 aromatic heterocycles. The highest BCUT2D eigenvalue weighted by atomic mass is 32.1. The van der Waals surface area contributed by atoms with Gasteiger partial charge in [0.25, 0.3) is 0 Å². The molecule has 2 heterocycles. The molecule has 41 heavy (non-hydrogen) atoms. The summed E-state index contributed by atoms with van der Waals surface area (Å²) in [6, 6.07) is 17.6. The smallest absolute Gasteiger partial charge is 0.341 e. The average Bonchev–Trinajstić information content (AvgIpc) is 3.55. The van der Waals surface area contributed by atoms with Crippen LogP contribution in [0.5, 0.6) is 0 Å². The van der Waals surface area contributed by atoms with Crippen molar-refractivity contribution in [2.24, 2.45) is 11.0 Å². The molecule has 0 spiro atoms. The van der Waals surface area contributed by atoms with Gasteiger partial charge in [-0.2, -0.15) is 10.2 Å². The van der Waals surface area contributed by atoms with Gasteiger partial charge in [0.15, 0.2) is 0 Å². The van der Waals surface area contributed by atoms with Gasteiger partial charge >= 0.3 is 17.8 Å². The predicted octanol–water partition coefficient (Wildman–Crippen LogP) is 5.30. The van der Waals surface area contributed by atoms with E-state index in [-0.39, 0.29) is 6.61 Å². The molecule has 0 fully saturated rings. The lowest BCUT2D eigenvalue weighted by Gasteiger charge is -2.18. The van der Waals surface area contributed by atoms with Crippen LogP contribution in [-0.2, 0) is 27.2 Å². The first kappa shape index (κ1) is 28.0. The van der Waals surface area contributed by atoms with Crippen LogP contribution in [0.2, 0.25) is 0 Å². The second-order valence-corrected chi connectivity index (χ2v) is 11.1. The molecule has 9 nitrogen and oxygen atoms in total. The number of aryl methyl sites for hydroxylation is 1. The van der Waals surface area contributed by atoms with Crippen LogP contribution in [0.1, 0.15) is 52.2 Å². The van der Waals surface area contributed by atoms with Gasteiger partial charge in [0.05, 0.1) is 24.1 Å². The molecule has 4 aromatic rings. The van der Waals surface area contributed by atoms with Crippen molar-refractivity contribution in [2.75, 3.05) is 11.9 Å². The van der Waals surface area contributed by atoms with Gasteiger partial charge in [-0.05, 0) is 56.7 Å². The lowest BCUT2D eigenvalue weighted by Crippen LogP contribution is -2.32. The summed E-state index contributed by atoms with van der Waals surface area (Å²) in [5, 5.41) is 11.7. The number of thiophene rings is 1. The molecule has 2 amide bonds. The maximum atomic E-state index is 12.8. The molecule has 210 valence electrons. The van der Waals surface area contributed by atoms with E-state index in [2.05, 4.69) is 22.8 Å². The number of fused-ring (bicyclic) bond motifs is 1. The summed E-state index contributed by atoms with van der Waals surface area (Å²) in [6.07, 6.45) is 5.77. The fourth-order valence-corrected chi connectivity index (χ4v) is 6.15. The SMILES string of the molecule is CCOC(=O)c1c(NC(=O)C(=O)N/N=C/c2cn(-c3ccccc3)nc2-c2ccc(C)cc2)sc2c1CCC(C)C2. The Morgan fingerprint density at radius 1 is 1.12 bits per heavy atom. The summed E-state index contributed by atoms with van der Waals surface area (Å²) in [4.78, 5) is 39.3. The van der Waals surface area contributed by atoms with E-state index in [1.165, 1.54) is 17.6 Å². The van der Waals surface area contributed by atoms with Crippen molar-refractivity contribution in [2.45, 2.75) is 40.0 Å². The minimum absolute atomic E-state index is 0.216. The summed E-state index contributed by atoms with van der Waals surface area (Å²) in [6.45, 7) is 6.12. The number of hydrogen-bond acceptors (Lipinski definition) is 7. The number of nitrogens with one attached hydrogen (secondary N) is 2. The minimum atomic E-state index is -0.955. The minimum Gasteiger partial charge on any atom is -0.462 e. The number of nitrogens with zero attached hydrogens (tertiary/aromatic N) is 3. The quantitative estimate of drug-likeness (QED) is 0.136. The topological polar surface area (TPSA) is 115 Å². The maximum Gasteiger partial charge on any atom is 0.341 e. The Bertz CT molecular complexity index is 1610. The van der Waals surface area contributed by atoms with E-state index >= 15 is 0 Å². The van der Waals surface area contributed by atoms with Crippen molar-refractivity contribution in [3.63, 3.8) is 0 Å². The van der Waals surface area contributed by atoms with Crippen LogP contribution >= 0.6 is 11.3 Å². The number of esters is 1. The number of carbonyl (C=O) groups is 3. The Hall–Kier alpha value is -4.57. The number of rotatable bonds is 7. The summed E-state index contributed by atoms with van der Waals surface area (Å²) < 4.78 is 6.99. The van der Waals surface area contributed by atoms with Crippen LogP contribution in [-0.4, -0.2) is 40.4 Å². The number of aromatic nitrogens is 2. The Balaban J connectivity index is 1.34. The molecular formula is C31H31N5O4S. The van der Waals surface area contributed by atoms with Crippen LogP contribution < -0.4 is 10.7 Å². The van der Waals surface area contributed by atoms with Crippen LogP contribution in [0.3, 0.4) is 0 Å². The molecule has 2 aromatic carbocycles. The van der Waals surface area contributed by atoms with E-state index in [1.807, 2.05) is 67.7 Å². The van der Waals surface area contributed by atoms with Gasteiger partial charge in [0, 0.05) is 22.2 Å². The predicted molar refractivity (Wildman–Crippen MR) is 160 cm³/mol. The van der Waals surface area contributed by atoms with E-state index < -0.39 is 17.8 Å². The molecule has 0 saturated heterocycles. The van der Waals surface area contributed by atoms with Gasteiger partial charge in [-0.3, -0.25) is 9.59 Å². The zero-order valence-electron chi connectivity index (χ0n) is 23.1. The van der Waals surface area contributed by atoms with E-state index in [0.717, 1.165) is 46.5 Å². The summed E-state index contributed by atoms with van der Waals surface area (Å²) in [7, 11) is 0. The molecule has 1 aliphatic carbocycles. The second kappa shape index (κ2) is 12.3. The van der Waals surface area contributed by atoms with E-state index in [4.69, 9.17) is 9.84 Å². The number of hydrazone groups is 1. The molecule has 0 bridgehead atoms. The van der Waals surface area contributed by atoms with Gasteiger partial charge in [-0.25, -0.2) is 14.9 Å². The van der Waals surface area contributed by atoms with Crippen molar-refractivity contribution in [3.05, 3.63) is 87.9 Å². The first-order valence-corrected chi connectivity index (χ1v) is 14.3. The Kier molecular flexibility index (Phi) is 8.39. The fraction of sp³-hybridized carbons (Fsp3) is 0.258. The molecule has 1 unspecified atom stereocenters. The molecule has 0 radical (unpaired) electrons. The van der Waals surface area contributed by atoms with Crippen molar-refractivity contribution in [3.8, 4) is 16.9 Å². The normalized spacial score (nSPS) is 14.5. The third-order valence-corrected chi connectivity index (χ3v) is 8.05. The number of ether oxygens (including phenoxy) is 1. The molecule has 10 heteroatoms. The van der Waals surface area contributed by atoms with E-state index in [0.29, 0.717) is 27.7 Å². The highest BCUT2D eigenvalue weighted by Gasteiger charge is 2.30. The van der Waals surface area contributed by atoms with E-state index in [1.54, 1.807) is 11.6 Å². The van der Waals surface area contributed by atoms with Crippen molar-refractivity contribution in [1.29, 1.82) is 0 Å². The monoisotopic (exact) mass is 569 g/mol. The third-order valence-electron chi connectivity index (χ3n) is 6.88. The number of amides is 2. The van der Waals surface area contributed by atoms with Gasteiger partial charge < -0.3 is 10.1 Å². The van der Waals surface area contributed by atoms with Gasteiger partial charge in [-0.1, -0.05) is 55.0 Å². The Morgan fingerprint density at radius 2 is 1.88 bits per heavy atom. The molecule has 5 rings (SSSR count). The van der Waals surface area contributed by atoms with E-state index in [9.17, 15) is 14.4 Å². The lowest BCUT2D eigenvalue weighted by molar-refractivity contribution is -0.136. The lowest BCUT2D eigenvalue weighted by atomic mass is 9.88. The summed E-state index contributed by atoms with van der Waals surface area (Å²) in [5.74, 6) is -1.89. The standard InChI is InChI=1S/C31H31N5O4S/c1-4-40-31(39)26-24-15-12-20(3)16-25(24)41-30(26)33-28(37)29(38)34-32-17-22-18-36(23-8-6-5-7-9-23)35-27(22)21-13-10-19(2)11-14-21/h5-11,13-14,17-18,20H,4,12,15-16H2,1-3H3,(H,33,37)(H,34,38)/b32-17+. The molecule has 0 saturated carbocycles. The average molecular weight is 570 g/mol. The number of hydrogen-bond donors (Lipinski definition) is 2. The molecule has 1 aliphatic rings. The van der Waals surface area contributed by atoms with Crippen LogP contribution in [0.4, 0.5) is 5.00 Å². The number of para-hydroxylation sites is 1. The molecular weight excluding hydrogens is 538 g/mol. The summed E-state index contributed by atoms with van der Waals surface area (Å²) >= 11 is 1.33. The highest BCUT2D eigenvalue weighted by Crippen LogP contribution is 2.40. The zero-order valence-corrected chi connectivity index (χ0v) is 24.0. The van der Waals surface area contributed by atoms with Crippen LogP contribution in [0.15, 0.2) is 65.9 Å². The zero-order chi connectivity index (χ0) is 28.9. The molecule has 2 N–H and O–H groups in total. The first-order chi connectivity index (χ1) is 19.8. The number of carbonyl (C=O) groups excluding carboxylic acids is 3. The Morgan fingerprint density at radius 3 is 2.61 bits per heavy atom. The van der Waals surface area contributed by atoms with Crippen molar-refractivity contribution < 1.29 is 19.1 Å². The summed E-state index contributed by atoms with van der Waals surface area (Å²) in [5.41, 5.74) is 7.76. The van der Waals surface area contributed by atoms with Gasteiger partial charge in [0.2, 0.25) is 0 Å². The molecule has 1 atom stereocenters. The molecule has 0 aliphatic heterocycles. The van der Waals surface area contributed by atoms with Crippen molar-refractivity contribution in [1.82, 2.24) is 15.2 Å². The van der Waals surface area contributed by atoms with Crippen LogP contribution in [0, 0.1) is 12.8 Å². The highest BCUT2D eigenvalue weighted by molar-refractivity contribution is 7.17. The van der Waals surface area contributed by atoms with Gasteiger partial charge in [0.1, 0.15) is 10.7 Å². The number of benzene rings is 2. The fourth-order valence-electron chi connectivity index (χ4n) is 4.76. The first-order valence-electron chi connectivity index (χ1n) is 13.5. The maximum absolute atomic E-state index is 12.8. The Labute approximate surface area is 242 Å². The van der Waals surface area contributed by atoms with Gasteiger partial charge in [-0.15, -0.1) is 11.3 Å². The number of anilines is 1. The van der Waals surface area contributed by atoms with Crippen LogP contribution in [0.25, 0.3) is 16.9 Å². The second-order valence-electron chi connectivity index (χ2n) is 10.0. The van der Waals surface area contributed by atoms with Crippen molar-refractivity contribution >= 4 is 40.3 Å².